The number of aromatic nitrogens is 2. The van der Waals surface area contributed by atoms with E-state index in [-0.39, 0.29) is 17.7 Å². The van der Waals surface area contributed by atoms with E-state index < -0.39 is 0 Å². The van der Waals surface area contributed by atoms with Crippen LogP contribution < -0.4 is 0 Å². The van der Waals surface area contributed by atoms with Crippen LogP contribution in [0.3, 0.4) is 0 Å². The molecule has 0 aliphatic carbocycles. The van der Waals surface area contributed by atoms with Crippen LogP contribution in [0.4, 0.5) is 0 Å². The quantitative estimate of drug-likeness (QED) is 0.725. The average Bonchev–Trinajstić information content (AvgIpc) is 3.29. The fourth-order valence-electron chi connectivity index (χ4n) is 3.70. The van der Waals surface area contributed by atoms with E-state index in [2.05, 4.69) is 22.3 Å². The van der Waals surface area contributed by atoms with Gasteiger partial charge in [0.15, 0.2) is 5.82 Å². The van der Waals surface area contributed by atoms with E-state index in [1.54, 1.807) is 0 Å². The number of aryl methyl sites for hydroxylation is 2. The van der Waals surface area contributed by atoms with Crippen LogP contribution in [0.25, 0.3) is 0 Å². The predicted octanol–water partition coefficient (Wildman–Crippen LogP) is 3.71. The Kier molecular flexibility index (Phi) is 4.29. The van der Waals surface area contributed by atoms with Crippen molar-refractivity contribution < 1.29 is 9.32 Å². The second-order valence-electron chi connectivity index (χ2n) is 6.83. The molecule has 4 rings (SSSR count). The first-order valence-corrected chi connectivity index (χ1v) is 8.83. The maximum absolute atomic E-state index is 13.1. The molecule has 2 heterocycles. The van der Waals surface area contributed by atoms with Crippen LogP contribution in [-0.2, 0) is 0 Å². The number of hydrogen-bond acceptors (Lipinski definition) is 4. The fourth-order valence-corrected chi connectivity index (χ4v) is 3.70. The van der Waals surface area contributed by atoms with E-state index in [1.807, 2.05) is 61.2 Å². The zero-order valence-electron chi connectivity index (χ0n) is 14.9. The van der Waals surface area contributed by atoms with E-state index in [1.165, 1.54) is 5.56 Å². The van der Waals surface area contributed by atoms with Crippen molar-refractivity contribution in [2.24, 2.45) is 0 Å². The zero-order valence-corrected chi connectivity index (χ0v) is 14.9. The number of amides is 1. The van der Waals surface area contributed by atoms with Gasteiger partial charge in [-0.05, 0) is 31.0 Å². The molecule has 0 N–H and O–H groups in total. The molecule has 1 fully saturated rings. The summed E-state index contributed by atoms with van der Waals surface area (Å²) in [6, 6.07) is 18.0. The molecule has 3 aromatic rings. The molecule has 2 atom stereocenters. The summed E-state index contributed by atoms with van der Waals surface area (Å²) >= 11 is 0. The maximum Gasteiger partial charge on any atom is 0.254 e. The molecule has 5 nitrogen and oxygen atoms in total. The van der Waals surface area contributed by atoms with Crippen molar-refractivity contribution in [1.29, 1.82) is 0 Å². The van der Waals surface area contributed by atoms with Crippen LogP contribution in [0.5, 0.6) is 0 Å². The summed E-state index contributed by atoms with van der Waals surface area (Å²) in [5.41, 5.74) is 2.93. The molecule has 0 saturated carbocycles. The van der Waals surface area contributed by atoms with Crippen LogP contribution in [0.2, 0.25) is 0 Å². The molecular weight excluding hydrogens is 326 g/mol. The third-order valence-electron chi connectivity index (χ3n) is 5.07. The van der Waals surface area contributed by atoms with Crippen LogP contribution in [-0.4, -0.2) is 34.0 Å². The molecule has 1 saturated heterocycles. The number of likely N-dealkylation sites (tertiary alicyclic amines) is 1. The molecule has 1 aliphatic rings. The molecule has 1 aromatic heterocycles. The van der Waals surface area contributed by atoms with Crippen molar-refractivity contribution >= 4 is 5.91 Å². The Hall–Kier alpha value is -2.95. The summed E-state index contributed by atoms with van der Waals surface area (Å²) in [6.45, 7) is 5.00. The summed E-state index contributed by atoms with van der Waals surface area (Å²) in [7, 11) is 0. The second kappa shape index (κ2) is 6.75. The van der Waals surface area contributed by atoms with Gasteiger partial charge in [-0.25, -0.2) is 0 Å². The lowest BCUT2D eigenvalue weighted by molar-refractivity contribution is 0.0787. The first-order chi connectivity index (χ1) is 12.6. The monoisotopic (exact) mass is 347 g/mol. The molecular formula is C21H21N3O2. The van der Waals surface area contributed by atoms with E-state index in [9.17, 15) is 4.79 Å². The van der Waals surface area contributed by atoms with Gasteiger partial charge in [0.1, 0.15) is 0 Å². The number of nitrogens with zero attached hydrogens (tertiary/aromatic N) is 3. The lowest BCUT2D eigenvalue weighted by Crippen LogP contribution is -2.29. The maximum atomic E-state index is 13.1. The number of carbonyl (C=O) groups excluding carboxylic acids is 1. The molecule has 0 bridgehead atoms. The molecule has 0 unspecified atom stereocenters. The second-order valence-corrected chi connectivity index (χ2v) is 6.83. The van der Waals surface area contributed by atoms with Gasteiger partial charge in [-0.2, -0.15) is 4.98 Å². The Balaban J connectivity index is 1.67. The Morgan fingerprint density at radius 1 is 1.00 bits per heavy atom. The summed E-state index contributed by atoms with van der Waals surface area (Å²) < 4.78 is 5.46. The van der Waals surface area contributed by atoms with Crippen LogP contribution in [0.1, 0.15) is 45.0 Å². The van der Waals surface area contributed by atoms with Crippen LogP contribution >= 0.6 is 0 Å². The lowest BCUT2D eigenvalue weighted by atomic mass is 9.89. The Morgan fingerprint density at radius 2 is 1.69 bits per heavy atom. The first-order valence-electron chi connectivity index (χ1n) is 8.83. The number of rotatable bonds is 3. The van der Waals surface area contributed by atoms with Crippen molar-refractivity contribution in [2.45, 2.75) is 25.7 Å². The van der Waals surface area contributed by atoms with Gasteiger partial charge >= 0.3 is 0 Å². The predicted molar refractivity (Wildman–Crippen MR) is 98.0 cm³/mol. The SMILES string of the molecule is Cc1noc([C@@H]2CN(C(=O)c3ccccc3C)C[C@@H]2c2ccccc2)n1. The highest BCUT2D eigenvalue weighted by Crippen LogP contribution is 2.39. The van der Waals surface area contributed by atoms with Gasteiger partial charge in [0.05, 0.1) is 5.92 Å². The highest BCUT2D eigenvalue weighted by atomic mass is 16.5. The van der Waals surface area contributed by atoms with E-state index in [0.29, 0.717) is 24.8 Å². The summed E-state index contributed by atoms with van der Waals surface area (Å²) in [6.07, 6.45) is 0. The topological polar surface area (TPSA) is 59.2 Å². The third kappa shape index (κ3) is 3.01. The zero-order chi connectivity index (χ0) is 18.1. The molecule has 1 amide bonds. The summed E-state index contributed by atoms with van der Waals surface area (Å²) in [4.78, 5) is 19.4. The molecule has 132 valence electrons. The number of hydrogen-bond donors (Lipinski definition) is 0. The average molecular weight is 347 g/mol. The fraction of sp³-hybridized carbons (Fsp3) is 0.286. The number of carbonyl (C=O) groups is 1. The largest absolute Gasteiger partial charge is 0.339 e. The highest BCUT2D eigenvalue weighted by Gasteiger charge is 2.40. The minimum absolute atomic E-state index is 0.00608. The van der Waals surface area contributed by atoms with E-state index in [4.69, 9.17) is 4.52 Å². The van der Waals surface area contributed by atoms with Crippen molar-refractivity contribution in [3.8, 4) is 0 Å². The van der Waals surface area contributed by atoms with E-state index in [0.717, 1.165) is 11.1 Å². The number of benzene rings is 2. The van der Waals surface area contributed by atoms with Gasteiger partial charge in [0, 0.05) is 24.6 Å². The van der Waals surface area contributed by atoms with Crippen LogP contribution in [0, 0.1) is 13.8 Å². The molecule has 26 heavy (non-hydrogen) atoms. The molecule has 5 heteroatoms. The summed E-state index contributed by atoms with van der Waals surface area (Å²) in [5, 5.41) is 3.94. The first kappa shape index (κ1) is 16.5. The van der Waals surface area contributed by atoms with Crippen molar-refractivity contribution in [2.75, 3.05) is 13.1 Å². The minimum atomic E-state index is 0.00608. The molecule has 1 aliphatic heterocycles. The van der Waals surface area contributed by atoms with Gasteiger partial charge in [-0.3, -0.25) is 4.79 Å². The van der Waals surface area contributed by atoms with Gasteiger partial charge in [0.25, 0.3) is 5.91 Å². The van der Waals surface area contributed by atoms with Gasteiger partial charge < -0.3 is 9.42 Å². The Morgan fingerprint density at radius 3 is 2.38 bits per heavy atom. The Bertz CT molecular complexity index is 920. The van der Waals surface area contributed by atoms with Crippen molar-refractivity contribution in [3.63, 3.8) is 0 Å². The van der Waals surface area contributed by atoms with Gasteiger partial charge in [-0.1, -0.05) is 53.7 Å². The minimum Gasteiger partial charge on any atom is -0.339 e. The highest BCUT2D eigenvalue weighted by molar-refractivity contribution is 5.96. The Labute approximate surface area is 152 Å². The standard InChI is InChI=1S/C21H21N3O2/c1-14-8-6-7-11-17(14)21(25)24-12-18(16-9-4-3-5-10-16)19(13-24)20-22-15(2)23-26-20/h3-11,18-19H,12-13H2,1-2H3/t18-,19-/m1/s1. The van der Waals surface area contributed by atoms with Crippen LogP contribution in [0.15, 0.2) is 59.1 Å². The molecule has 2 aromatic carbocycles. The van der Waals surface area contributed by atoms with Crippen molar-refractivity contribution in [3.05, 3.63) is 83.0 Å². The van der Waals surface area contributed by atoms with Gasteiger partial charge in [0.2, 0.25) is 5.89 Å². The van der Waals surface area contributed by atoms with E-state index >= 15 is 0 Å². The third-order valence-corrected chi connectivity index (χ3v) is 5.07. The van der Waals surface area contributed by atoms with Gasteiger partial charge in [-0.15, -0.1) is 0 Å². The lowest BCUT2D eigenvalue weighted by Gasteiger charge is -2.17. The van der Waals surface area contributed by atoms with Crippen molar-refractivity contribution in [1.82, 2.24) is 15.0 Å². The molecule has 0 radical (unpaired) electrons. The summed E-state index contributed by atoms with van der Waals surface area (Å²) in [5.74, 6) is 1.44. The normalized spacial score (nSPS) is 19.7. The molecule has 0 spiro atoms. The smallest absolute Gasteiger partial charge is 0.254 e.